The van der Waals surface area contributed by atoms with E-state index in [2.05, 4.69) is 9.97 Å². The van der Waals surface area contributed by atoms with Gasteiger partial charge < -0.3 is 9.15 Å². The van der Waals surface area contributed by atoms with Crippen LogP contribution in [0.25, 0.3) is 21.9 Å². The fourth-order valence-corrected chi connectivity index (χ4v) is 3.03. The molecule has 0 bridgehead atoms. The Kier molecular flexibility index (Phi) is 3.66. The van der Waals surface area contributed by atoms with Crippen LogP contribution in [0.4, 0.5) is 0 Å². The van der Waals surface area contributed by atoms with Crippen LogP contribution < -0.4 is 10.4 Å². The molecular weight excluding hydrogens is 340 g/mol. The largest absolute Gasteiger partial charge is 0.437 e. The zero-order valence-corrected chi connectivity index (χ0v) is 14.3. The minimum absolute atomic E-state index is 0.367. The van der Waals surface area contributed by atoms with Gasteiger partial charge in [0.2, 0.25) is 5.88 Å². The average Bonchev–Trinajstić information content (AvgIpc) is 2.57. The van der Waals surface area contributed by atoms with Crippen molar-refractivity contribution in [1.82, 2.24) is 9.97 Å². The second-order valence-corrected chi connectivity index (χ2v) is 6.18. The van der Waals surface area contributed by atoms with Gasteiger partial charge in [0.15, 0.2) is 5.75 Å². The van der Waals surface area contributed by atoms with Gasteiger partial charge in [-0.2, -0.15) is 0 Å². The minimum atomic E-state index is -0.415. The van der Waals surface area contributed by atoms with E-state index in [-0.39, 0.29) is 0 Å². The monoisotopic (exact) mass is 352 g/mol. The molecule has 4 aromatic rings. The highest BCUT2D eigenvalue weighted by Gasteiger charge is 2.13. The van der Waals surface area contributed by atoms with Crippen LogP contribution in [0.3, 0.4) is 0 Å². The number of benzene rings is 2. The third kappa shape index (κ3) is 2.72. The molecule has 0 atom stereocenters. The van der Waals surface area contributed by atoms with Crippen LogP contribution in [0.5, 0.6) is 11.6 Å². The maximum atomic E-state index is 11.6. The second-order valence-electron chi connectivity index (χ2n) is 5.78. The predicted octanol–water partition coefficient (Wildman–Crippen LogP) is 4.80. The van der Waals surface area contributed by atoms with Crippen molar-refractivity contribution in [3.05, 3.63) is 69.3 Å². The molecule has 0 aliphatic heterocycles. The van der Waals surface area contributed by atoms with E-state index in [0.717, 1.165) is 27.4 Å². The first-order chi connectivity index (χ1) is 12.0. The maximum Gasteiger partial charge on any atom is 0.336 e. The van der Waals surface area contributed by atoms with Gasteiger partial charge in [0.05, 0.1) is 15.9 Å². The van der Waals surface area contributed by atoms with E-state index in [0.29, 0.717) is 22.2 Å². The molecule has 0 N–H and O–H groups in total. The smallest absolute Gasteiger partial charge is 0.336 e. The van der Waals surface area contributed by atoms with Crippen LogP contribution in [0.1, 0.15) is 11.1 Å². The molecule has 0 unspecified atom stereocenters. The lowest BCUT2D eigenvalue weighted by molar-refractivity contribution is 0.466. The fraction of sp³-hybridized carbons (Fsp3) is 0.105. The number of aryl methyl sites for hydroxylation is 2. The summed E-state index contributed by atoms with van der Waals surface area (Å²) < 4.78 is 11.2. The summed E-state index contributed by atoms with van der Waals surface area (Å²) in [6.07, 6.45) is 1.44. The van der Waals surface area contributed by atoms with Gasteiger partial charge in [-0.1, -0.05) is 23.7 Å². The minimum Gasteiger partial charge on any atom is -0.437 e. The van der Waals surface area contributed by atoms with Crippen molar-refractivity contribution in [2.24, 2.45) is 0 Å². The fourth-order valence-electron chi connectivity index (χ4n) is 2.83. The number of rotatable bonds is 2. The van der Waals surface area contributed by atoms with Crippen LogP contribution >= 0.6 is 11.6 Å². The topological polar surface area (TPSA) is 65.2 Å². The number of hydrogen-bond acceptors (Lipinski definition) is 5. The molecule has 0 aliphatic carbocycles. The molecule has 4 rings (SSSR count). The van der Waals surface area contributed by atoms with Crippen molar-refractivity contribution < 1.29 is 9.15 Å². The highest BCUT2D eigenvalue weighted by molar-refractivity contribution is 6.32. The van der Waals surface area contributed by atoms with Crippen molar-refractivity contribution >= 4 is 33.5 Å². The van der Waals surface area contributed by atoms with Crippen LogP contribution in [0, 0.1) is 13.8 Å². The van der Waals surface area contributed by atoms with Crippen molar-refractivity contribution in [3.63, 3.8) is 0 Å². The first-order valence-electron chi connectivity index (χ1n) is 7.65. The Morgan fingerprint density at radius 2 is 1.92 bits per heavy atom. The van der Waals surface area contributed by atoms with Gasteiger partial charge in [-0.3, -0.25) is 0 Å². The summed E-state index contributed by atoms with van der Waals surface area (Å²) >= 11 is 6.37. The molecule has 0 saturated heterocycles. The molecule has 124 valence electrons. The number of halogens is 1. The average molecular weight is 353 g/mol. The second kappa shape index (κ2) is 5.86. The van der Waals surface area contributed by atoms with Crippen molar-refractivity contribution in [2.45, 2.75) is 13.8 Å². The molecule has 2 aromatic carbocycles. The summed E-state index contributed by atoms with van der Waals surface area (Å²) in [5, 5.41) is 1.98. The van der Waals surface area contributed by atoms with Crippen molar-refractivity contribution in [3.8, 4) is 11.6 Å². The molecule has 0 amide bonds. The summed E-state index contributed by atoms with van der Waals surface area (Å²) in [6, 6.07) is 10.5. The van der Waals surface area contributed by atoms with Crippen molar-refractivity contribution in [1.29, 1.82) is 0 Å². The Bertz CT molecular complexity index is 1180. The van der Waals surface area contributed by atoms with Gasteiger partial charge in [-0.05, 0) is 37.1 Å². The lowest BCUT2D eigenvalue weighted by Crippen LogP contribution is -1.99. The molecule has 0 radical (unpaired) electrons. The molecular formula is C19H13ClN2O3. The van der Waals surface area contributed by atoms with E-state index >= 15 is 0 Å². The number of hydrogen-bond donors (Lipinski definition) is 0. The van der Waals surface area contributed by atoms with Crippen LogP contribution in [0.2, 0.25) is 5.02 Å². The highest BCUT2D eigenvalue weighted by Crippen LogP contribution is 2.36. The zero-order chi connectivity index (χ0) is 17.6. The summed E-state index contributed by atoms with van der Waals surface area (Å²) in [6.45, 7) is 3.79. The van der Waals surface area contributed by atoms with Gasteiger partial charge in [0.25, 0.3) is 0 Å². The number of nitrogens with zero attached hydrogens (tertiary/aromatic N) is 2. The number of aromatic nitrogens is 2. The highest BCUT2D eigenvalue weighted by atomic mass is 35.5. The van der Waals surface area contributed by atoms with E-state index < -0.39 is 5.63 Å². The third-order valence-corrected chi connectivity index (χ3v) is 4.34. The molecule has 2 heterocycles. The first kappa shape index (κ1) is 15.6. The molecule has 5 nitrogen and oxygen atoms in total. The van der Waals surface area contributed by atoms with Crippen LogP contribution in [-0.4, -0.2) is 9.97 Å². The number of ether oxygens (including phenoxy) is 1. The molecule has 0 aliphatic rings. The molecule has 25 heavy (non-hydrogen) atoms. The van der Waals surface area contributed by atoms with E-state index in [1.165, 1.54) is 12.4 Å². The van der Waals surface area contributed by atoms with Gasteiger partial charge in [0.1, 0.15) is 11.9 Å². The van der Waals surface area contributed by atoms with Gasteiger partial charge in [-0.15, -0.1) is 0 Å². The lowest BCUT2D eigenvalue weighted by Gasteiger charge is -2.11. The summed E-state index contributed by atoms with van der Waals surface area (Å²) in [4.78, 5) is 20.1. The Morgan fingerprint density at radius 3 is 2.76 bits per heavy atom. The normalized spacial score (nSPS) is 11.2. The van der Waals surface area contributed by atoms with E-state index in [4.69, 9.17) is 20.8 Å². The quantitative estimate of drug-likeness (QED) is 0.485. The van der Waals surface area contributed by atoms with Crippen LogP contribution in [-0.2, 0) is 0 Å². The summed E-state index contributed by atoms with van der Waals surface area (Å²) in [5.74, 6) is 0.769. The Morgan fingerprint density at radius 1 is 1.08 bits per heavy atom. The van der Waals surface area contributed by atoms with Gasteiger partial charge in [0, 0.05) is 17.5 Å². The predicted molar refractivity (Wildman–Crippen MR) is 96.6 cm³/mol. The molecule has 2 aromatic heterocycles. The first-order valence-corrected chi connectivity index (χ1v) is 8.03. The zero-order valence-electron chi connectivity index (χ0n) is 13.5. The number of fused-ring (bicyclic) bond motifs is 2. The Balaban J connectivity index is 1.89. The van der Waals surface area contributed by atoms with Crippen molar-refractivity contribution in [2.75, 3.05) is 0 Å². The Hall–Kier alpha value is -2.92. The van der Waals surface area contributed by atoms with E-state index in [1.807, 2.05) is 32.0 Å². The van der Waals surface area contributed by atoms with Gasteiger partial charge >= 0.3 is 5.63 Å². The molecule has 0 spiro atoms. The molecule has 0 fully saturated rings. The molecule has 0 saturated carbocycles. The van der Waals surface area contributed by atoms with E-state index in [9.17, 15) is 4.79 Å². The van der Waals surface area contributed by atoms with E-state index in [1.54, 1.807) is 12.1 Å². The Labute approximate surface area is 147 Å². The third-order valence-electron chi connectivity index (χ3n) is 4.05. The van der Waals surface area contributed by atoms with Crippen LogP contribution in [0.15, 0.2) is 51.9 Å². The maximum absolute atomic E-state index is 11.6. The summed E-state index contributed by atoms with van der Waals surface area (Å²) in [7, 11) is 0. The summed E-state index contributed by atoms with van der Waals surface area (Å²) in [5.41, 5.74) is 2.57. The lowest BCUT2D eigenvalue weighted by atomic mass is 10.1. The standard InChI is InChI=1S/C19H13ClN2O3/c1-10-4-3-5-14-18(10)19(22-9-21-14)25-16-8-15-12(7-13(16)20)11(2)6-17(23)24-15/h3-9H,1-2H3. The SMILES string of the molecule is Cc1cc(=O)oc2cc(Oc3ncnc4cccc(C)c34)c(Cl)cc12. The molecule has 6 heteroatoms. The van der Waals surface area contributed by atoms with Gasteiger partial charge in [-0.25, -0.2) is 14.8 Å².